The van der Waals surface area contributed by atoms with Crippen LogP contribution in [0.2, 0.25) is 0 Å². The van der Waals surface area contributed by atoms with Crippen molar-refractivity contribution in [1.29, 1.82) is 5.26 Å². The summed E-state index contributed by atoms with van der Waals surface area (Å²) in [7, 11) is 0. The van der Waals surface area contributed by atoms with Crippen molar-refractivity contribution < 1.29 is 9.30 Å². The van der Waals surface area contributed by atoms with Crippen LogP contribution < -0.4 is 4.57 Å². The molecule has 1 heterocycles. The smallest absolute Gasteiger partial charge is 0.254 e. The van der Waals surface area contributed by atoms with E-state index in [9.17, 15) is 0 Å². The first-order chi connectivity index (χ1) is 7.88. The predicted octanol–water partition coefficient (Wildman–Crippen LogP) is 1.58. The summed E-state index contributed by atoms with van der Waals surface area (Å²) in [6.45, 7) is 4.57. The molecule has 0 fully saturated rings. The SMILES string of the molecule is CCCOCC[n+]1cc[nH]c1CCCC#N. The molecule has 0 radical (unpaired) electrons. The molecule has 0 aliphatic heterocycles. The number of hydrogen-bond acceptors (Lipinski definition) is 2. The minimum Gasteiger partial charge on any atom is -0.377 e. The van der Waals surface area contributed by atoms with Crippen LogP contribution in [0.5, 0.6) is 0 Å². The second-order valence-electron chi connectivity index (χ2n) is 3.72. The van der Waals surface area contributed by atoms with Gasteiger partial charge < -0.3 is 4.74 Å². The highest BCUT2D eigenvalue weighted by atomic mass is 16.5. The van der Waals surface area contributed by atoms with E-state index in [1.54, 1.807) is 0 Å². The van der Waals surface area contributed by atoms with Crippen LogP contribution in [0, 0.1) is 11.3 Å². The van der Waals surface area contributed by atoms with E-state index in [2.05, 4.69) is 22.5 Å². The van der Waals surface area contributed by atoms with Gasteiger partial charge in [0, 0.05) is 13.0 Å². The van der Waals surface area contributed by atoms with Gasteiger partial charge in [0.05, 0.1) is 19.1 Å². The van der Waals surface area contributed by atoms with Crippen molar-refractivity contribution in [3.8, 4) is 6.07 Å². The molecule has 0 aliphatic rings. The van der Waals surface area contributed by atoms with E-state index < -0.39 is 0 Å². The zero-order chi connectivity index (χ0) is 11.6. The van der Waals surface area contributed by atoms with Crippen LogP contribution in [0.25, 0.3) is 0 Å². The second kappa shape index (κ2) is 7.89. The van der Waals surface area contributed by atoms with Crippen LogP contribution in [-0.4, -0.2) is 18.2 Å². The molecule has 0 saturated carbocycles. The van der Waals surface area contributed by atoms with Gasteiger partial charge in [0.1, 0.15) is 18.9 Å². The minimum atomic E-state index is 0.616. The minimum absolute atomic E-state index is 0.616. The standard InChI is InChI=1S/C12H19N3O/c1-2-10-16-11-9-15-8-7-14-12(15)5-3-4-6-13/h7-8H,2-5,9-11H2,1H3/p+1. The van der Waals surface area contributed by atoms with Crippen LogP contribution >= 0.6 is 0 Å². The van der Waals surface area contributed by atoms with Gasteiger partial charge in [0.15, 0.2) is 0 Å². The predicted molar refractivity (Wildman–Crippen MR) is 60.6 cm³/mol. The zero-order valence-corrected chi connectivity index (χ0v) is 9.91. The molecule has 1 rings (SSSR count). The van der Waals surface area contributed by atoms with Crippen LogP contribution in [0.3, 0.4) is 0 Å². The molecule has 1 aromatic rings. The summed E-state index contributed by atoms with van der Waals surface area (Å²) in [5.74, 6) is 1.18. The Kier molecular flexibility index (Phi) is 6.28. The highest BCUT2D eigenvalue weighted by Crippen LogP contribution is 1.96. The lowest BCUT2D eigenvalue weighted by Gasteiger charge is -2.01. The summed E-state index contributed by atoms with van der Waals surface area (Å²) in [6.07, 6.45) is 7.47. The summed E-state index contributed by atoms with van der Waals surface area (Å²) in [6, 6.07) is 2.16. The lowest BCUT2D eigenvalue weighted by atomic mass is 10.2. The maximum absolute atomic E-state index is 8.48. The summed E-state index contributed by atoms with van der Waals surface area (Å²) in [5, 5.41) is 8.48. The van der Waals surface area contributed by atoms with Gasteiger partial charge in [-0.05, 0) is 12.8 Å². The van der Waals surface area contributed by atoms with Crippen LogP contribution in [-0.2, 0) is 17.7 Å². The number of rotatable bonds is 8. The van der Waals surface area contributed by atoms with Crippen molar-refractivity contribution in [2.75, 3.05) is 13.2 Å². The molecular weight excluding hydrogens is 202 g/mol. The highest BCUT2D eigenvalue weighted by molar-refractivity contribution is 4.80. The lowest BCUT2D eigenvalue weighted by molar-refractivity contribution is -0.704. The van der Waals surface area contributed by atoms with Gasteiger partial charge in [-0.2, -0.15) is 5.26 Å². The fourth-order valence-corrected chi connectivity index (χ4v) is 1.57. The third-order valence-electron chi connectivity index (χ3n) is 2.38. The molecule has 0 aromatic carbocycles. The average molecular weight is 222 g/mol. The Morgan fingerprint density at radius 3 is 3.12 bits per heavy atom. The lowest BCUT2D eigenvalue weighted by Crippen LogP contribution is -2.38. The number of aryl methyl sites for hydroxylation is 1. The number of nitriles is 1. The average Bonchev–Trinajstić information content (AvgIpc) is 2.73. The summed E-state index contributed by atoms with van der Waals surface area (Å²) in [5.41, 5.74) is 0. The fraction of sp³-hybridized carbons (Fsp3) is 0.667. The molecule has 4 heteroatoms. The Morgan fingerprint density at radius 1 is 1.50 bits per heavy atom. The van der Waals surface area contributed by atoms with E-state index in [0.29, 0.717) is 6.42 Å². The van der Waals surface area contributed by atoms with Gasteiger partial charge in [-0.15, -0.1) is 0 Å². The first-order valence-corrected chi connectivity index (χ1v) is 5.89. The number of aromatic nitrogens is 2. The first-order valence-electron chi connectivity index (χ1n) is 5.89. The number of nitrogens with one attached hydrogen (secondary N) is 1. The van der Waals surface area contributed by atoms with Crippen molar-refractivity contribution in [1.82, 2.24) is 4.98 Å². The van der Waals surface area contributed by atoms with Crippen LogP contribution in [0.15, 0.2) is 12.4 Å². The topological polar surface area (TPSA) is 52.7 Å². The largest absolute Gasteiger partial charge is 0.377 e. The van der Waals surface area contributed by atoms with Gasteiger partial charge in [-0.3, -0.25) is 0 Å². The Morgan fingerprint density at radius 2 is 2.38 bits per heavy atom. The van der Waals surface area contributed by atoms with Gasteiger partial charge >= 0.3 is 0 Å². The van der Waals surface area contributed by atoms with E-state index in [4.69, 9.17) is 10.00 Å². The molecule has 0 unspecified atom stereocenters. The molecule has 0 saturated heterocycles. The van der Waals surface area contributed by atoms with E-state index in [-0.39, 0.29) is 0 Å². The molecule has 16 heavy (non-hydrogen) atoms. The van der Waals surface area contributed by atoms with Crippen molar-refractivity contribution >= 4 is 0 Å². The van der Waals surface area contributed by atoms with E-state index in [1.165, 1.54) is 5.82 Å². The molecule has 4 nitrogen and oxygen atoms in total. The summed E-state index contributed by atoms with van der Waals surface area (Å²) >= 11 is 0. The molecular formula is C12H20N3O+. The number of ether oxygens (including phenoxy) is 1. The third-order valence-corrected chi connectivity index (χ3v) is 2.38. The van der Waals surface area contributed by atoms with Crippen LogP contribution in [0.1, 0.15) is 32.0 Å². The fourth-order valence-electron chi connectivity index (χ4n) is 1.57. The van der Waals surface area contributed by atoms with Gasteiger partial charge in [0.25, 0.3) is 5.82 Å². The normalized spacial score (nSPS) is 10.2. The Hall–Kier alpha value is -1.34. The molecule has 1 aromatic heterocycles. The molecule has 0 atom stereocenters. The number of nitrogens with zero attached hydrogens (tertiary/aromatic N) is 2. The third kappa shape index (κ3) is 4.45. The maximum Gasteiger partial charge on any atom is 0.254 e. The molecule has 0 spiro atoms. The zero-order valence-electron chi connectivity index (χ0n) is 9.91. The van der Waals surface area contributed by atoms with Gasteiger partial charge in [-0.1, -0.05) is 6.92 Å². The summed E-state index contributed by atoms with van der Waals surface area (Å²) < 4.78 is 7.61. The Bertz CT molecular complexity index is 327. The first kappa shape index (κ1) is 12.7. The van der Waals surface area contributed by atoms with E-state index >= 15 is 0 Å². The molecule has 88 valence electrons. The molecule has 0 aliphatic carbocycles. The van der Waals surface area contributed by atoms with E-state index in [1.807, 2.05) is 12.4 Å². The number of H-pyrrole nitrogens is 1. The highest BCUT2D eigenvalue weighted by Gasteiger charge is 2.09. The van der Waals surface area contributed by atoms with Crippen molar-refractivity contribution in [3.63, 3.8) is 0 Å². The molecule has 0 amide bonds. The summed E-state index contributed by atoms with van der Waals surface area (Å²) in [4.78, 5) is 3.20. The maximum atomic E-state index is 8.48. The quantitative estimate of drug-likeness (QED) is 0.536. The number of unbranched alkanes of at least 4 members (excludes halogenated alkanes) is 1. The monoisotopic (exact) mass is 222 g/mol. The number of hydrogen-bond donors (Lipinski definition) is 1. The second-order valence-corrected chi connectivity index (χ2v) is 3.72. The van der Waals surface area contributed by atoms with Crippen LogP contribution in [0.4, 0.5) is 0 Å². The number of imidazole rings is 1. The van der Waals surface area contributed by atoms with E-state index in [0.717, 1.165) is 39.0 Å². The van der Waals surface area contributed by atoms with Gasteiger partial charge in [-0.25, -0.2) is 9.55 Å². The van der Waals surface area contributed by atoms with Gasteiger partial charge in [0.2, 0.25) is 0 Å². The van der Waals surface area contributed by atoms with Crippen molar-refractivity contribution in [2.45, 2.75) is 39.2 Å². The van der Waals surface area contributed by atoms with Crippen molar-refractivity contribution in [2.24, 2.45) is 0 Å². The Labute approximate surface area is 96.9 Å². The van der Waals surface area contributed by atoms with Crippen molar-refractivity contribution in [3.05, 3.63) is 18.2 Å². The molecule has 1 N–H and O–H groups in total. The molecule has 0 bridgehead atoms. The Balaban J connectivity index is 2.30. The number of aromatic amines is 1.